The van der Waals surface area contributed by atoms with E-state index in [1.807, 2.05) is 12.1 Å². The maximum absolute atomic E-state index is 12.6. The predicted molar refractivity (Wildman–Crippen MR) is 79.5 cm³/mol. The highest BCUT2D eigenvalue weighted by Gasteiger charge is 2.23. The molecule has 0 spiro atoms. The first-order chi connectivity index (χ1) is 10.7. The highest BCUT2D eigenvalue weighted by molar-refractivity contribution is 5.97. The third-order valence-corrected chi connectivity index (χ3v) is 3.45. The summed E-state index contributed by atoms with van der Waals surface area (Å²) in [5, 5.41) is 8.93. The van der Waals surface area contributed by atoms with Crippen LogP contribution in [0, 0.1) is 11.3 Å². The molecule has 0 unspecified atom stereocenters. The minimum Gasteiger partial charge on any atom is -0.454 e. The van der Waals surface area contributed by atoms with Crippen LogP contribution in [0.4, 0.5) is 0 Å². The fourth-order valence-electron chi connectivity index (χ4n) is 2.39. The molecule has 5 nitrogen and oxygen atoms in total. The molecule has 2 aromatic carbocycles. The number of carbonyl (C=O) groups is 1. The highest BCUT2D eigenvalue weighted by Crippen LogP contribution is 2.35. The molecule has 1 heterocycles. The molecule has 1 aliphatic heterocycles. The van der Waals surface area contributed by atoms with E-state index in [1.165, 1.54) is 0 Å². The van der Waals surface area contributed by atoms with Crippen LogP contribution in [0.3, 0.4) is 0 Å². The van der Waals surface area contributed by atoms with E-state index in [-0.39, 0.29) is 12.7 Å². The Morgan fingerprint density at radius 2 is 2.09 bits per heavy atom. The average Bonchev–Trinajstić information content (AvgIpc) is 3.02. The third kappa shape index (κ3) is 2.59. The first-order valence-electron chi connectivity index (χ1n) is 6.82. The Kier molecular flexibility index (Phi) is 3.67. The lowest BCUT2D eigenvalue weighted by atomic mass is 10.1. The normalized spacial score (nSPS) is 11.8. The second-order valence-electron chi connectivity index (χ2n) is 5.01. The Morgan fingerprint density at radius 3 is 2.91 bits per heavy atom. The van der Waals surface area contributed by atoms with Gasteiger partial charge in [0.15, 0.2) is 11.5 Å². The zero-order valence-electron chi connectivity index (χ0n) is 12.1. The van der Waals surface area contributed by atoms with Gasteiger partial charge < -0.3 is 14.4 Å². The molecule has 5 heteroatoms. The standard InChI is InChI=1S/C17H14N2O3/c1-19(10-13-5-2-4-12(8-13)9-18)17(20)14-6-3-7-15-16(14)22-11-21-15/h2-8H,10-11H2,1H3. The minimum absolute atomic E-state index is 0.132. The van der Waals surface area contributed by atoms with Gasteiger partial charge in [0.25, 0.3) is 5.91 Å². The van der Waals surface area contributed by atoms with Gasteiger partial charge in [-0.25, -0.2) is 0 Å². The largest absolute Gasteiger partial charge is 0.454 e. The van der Waals surface area contributed by atoms with Crippen LogP contribution in [0.1, 0.15) is 21.5 Å². The average molecular weight is 294 g/mol. The van der Waals surface area contributed by atoms with Crippen molar-refractivity contribution in [1.82, 2.24) is 4.90 Å². The molecular weight excluding hydrogens is 280 g/mol. The monoisotopic (exact) mass is 294 g/mol. The quantitative estimate of drug-likeness (QED) is 0.872. The van der Waals surface area contributed by atoms with Gasteiger partial charge in [-0.2, -0.15) is 5.26 Å². The molecule has 0 saturated heterocycles. The van der Waals surface area contributed by atoms with Gasteiger partial charge >= 0.3 is 0 Å². The van der Waals surface area contributed by atoms with Crippen LogP contribution in [-0.4, -0.2) is 24.6 Å². The van der Waals surface area contributed by atoms with Crippen molar-refractivity contribution in [1.29, 1.82) is 5.26 Å². The van der Waals surface area contributed by atoms with Gasteiger partial charge in [-0.15, -0.1) is 0 Å². The SMILES string of the molecule is CN(Cc1cccc(C#N)c1)C(=O)c1cccc2c1OCO2. The van der Waals surface area contributed by atoms with Crippen molar-refractivity contribution in [2.45, 2.75) is 6.54 Å². The van der Waals surface area contributed by atoms with Crippen molar-refractivity contribution in [2.24, 2.45) is 0 Å². The Bertz CT molecular complexity index is 765. The van der Waals surface area contributed by atoms with Gasteiger partial charge in [0.2, 0.25) is 6.79 Å². The van der Waals surface area contributed by atoms with E-state index in [0.29, 0.717) is 29.2 Å². The van der Waals surface area contributed by atoms with Crippen LogP contribution in [0.5, 0.6) is 11.5 Å². The Balaban J connectivity index is 1.81. The molecule has 1 aliphatic rings. The number of benzene rings is 2. The number of nitrogens with zero attached hydrogens (tertiary/aromatic N) is 2. The topological polar surface area (TPSA) is 62.6 Å². The molecule has 0 saturated carbocycles. The number of ether oxygens (including phenoxy) is 2. The van der Waals surface area contributed by atoms with E-state index in [4.69, 9.17) is 14.7 Å². The number of para-hydroxylation sites is 1. The molecular formula is C17H14N2O3. The van der Waals surface area contributed by atoms with E-state index in [1.54, 1.807) is 42.3 Å². The fraction of sp³-hybridized carbons (Fsp3) is 0.176. The summed E-state index contributed by atoms with van der Waals surface area (Å²) in [6.45, 7) is 0.548. The van der Waals surface area contributed by atoms with Crippen LogP contribution < -0.4 is 9.47 Å². The molecule has 110 valence electrons. The zero-order valence-corrected chi connectivity index (χ0v) is 12.1. The predicted octanol–water partition coefficient (Wildman–Crippen LogP) is 2.56. The van der Waals surface area contributed by atoms with E-state index < -0.39 is 0 Å². The molecule has 2 aromatic rings. The second-order valence-corrected chi connectivity index (χ2v) is 5.01. The van der Waals surface area contributed by atoms with Crippen molar-refractivity contribution >= 4 is 5.91 Å². The van der Waals surface area contributed by atoms with E-state index in [2.05, 4.69) is 6.07 Å². The van der Waals surface area contributed by atoms with Crippen LogP contribution in [0.15, 0.2) is 42.5 Å². The first-order valence-corrected chi connectivity index (χ1v) is 6.82. The molecule has 0 radical (unpaired) electrons. The third-order valence-electron chi connectivity index (χ3n) is 3.45. The minimum atomic E-state index is -0.148. The van der Waals surface area contributed by atoms with Crippen molar-refractivity contribution < 1.29 is 14.3 Å². The summed E-state index contributed by atoms with van der Waals surface area (Å²) in [6.07, 6.45) is 0. The number of hydrogen-bond donors (Lipinski definition) is 0. The molecule has 22 heavy (non-hydrogen) atoms. The smallest absolute Gasteiger partial charge is 0.257 e. The summed E-state index contributed by atoms with van der Waals surface area (Å²) in [5.74, 6) is 0.931. The molecule has 0 N–H and O–H groups in total. The maximum Gasteiger partial charge on any atom is 0.257 e. The summed E-state index contributed by atoms with van der Waals surface area (Å²) in [4.78, 5) is 14.2. The molecule has 0 aromatic heterocycles. The fourth-order valence-corrected chi connectivity index (χ4v) is 2.39. The number of fused-ring (bicyclic) bond motifs is 1. The number of rotatable bonds is 3. The Labute approximate surface area is 128 Å². The number of carbonyl (C=O) groups excluding carboxylic acids is 1. The van der Waals surface area contributed by atoms with Crippen LogP contribution >= 0.6 is 0 Å². The van der Waals surface area contributed by atoms with Gasteiger partial charge in [0.1, 0.15) is 0 Å². The summed E-state index contributed by atoms with van der Waals surface area (Å²) in [6, 6.07) is 14.6. The Hall–Kier alpha value is -3.00. The van der Waals surface area contributed by atoms with Crippen molar-refractivity contribution in [3.05, 3.63) is 59.2 Å². The van der Waals surface area contributed by atoms with Crippen molar-refractivity contribution in [2.75, 3.05) is 13.8 Å². The summed E-state index contributed by atoms with van der Waals surface area (Å²) >= 11 is 0. The van der Waals surface area contributed by atoms with Gasteiger partial charge in [-0.3, -0.25) is 4.79 Å². The van der Waals surface area contributed by atoms with Crippen LogP contribution in [-0.2, 0) is 6.54 Å². The zero-order chi connectivity index (χ0) is 15.5. The van der Waals surface area contributed by atoms with Gasteiger partial charge in [0.05, 0.1) is 17.2 Å². The van der Waals surface area contributed by atoms with E-state index in [0.717, 1.165) is 5.56 Å². The maximum atomic E-state index is 12.6. The van der Waals surface area contributed by atoms with Gasteiger partial charge in [0, 0.05) is 13.6 Å². The van der Waals surface area contributed by atoms with E-state index in [9.17, 15) is 4.79 Å². The second kappa shape index (κ2) is 5.78. The van der Waals surface area contributed by atoms with Crippen molar-refractivity contribution in [3.63, 3.8) is 0 Å². The lowest BCUT2D eigenvalue weighted by Crippen LogP contribution is -2.26. The number of amides is 1. The van der Waals surface area contributed by atoms with Gasteiger partial charge in [-0.1, -0.05) is 18.2 Å². The number of nitriles is 1. The molecule has 0 bridgehead atoms. The molecule has 1 amide bonds. The number of hydrogen-bond acceptors (Lipinski definition) is 4. The molecule has 0 aliphatic carbocycles. The van der Waals surface area contributed by atoms with Crippen molar-refractivity contribution in [3.8, 4) is 17.6 Å². The molecule has 3 rings (SSSR count). The summed E-state index contributed by atoms with van der Waals surface area (Å²) in [5.41, 5.74) is 1.96. The van der Waals surface area contributed by atoms with Gasteiger partial charge in [-0.05, 0) is 29.8 Å². The van der Waals surface area contributed by atoms with Crippen LogP contribution in [0.2, 0.25) is 0 Å². The van der Waals surface area contributed by atoms with Crippen LogP contribution in [0.25, 0.3) is 0 Å². The Morgan fingerprint density at radius 1 is 1.27 bits per heavy atom. The summed E-state index contributed by atoms with van der Waals surface area (Å²) in [7, 11) is 1.72. The lowest BCUT2D eigenvalue weighted by molar-refractivity contribution is 0.0780. The highest BCUT2D eigenvalue weighted by atomic mass is 16.7. The first kappa shape index (κ1) is 14.0. The van der Waals surface area contributed by atoms with E-state index >= 15 is 0 Å². The molecule has 0 atom stereocenters. The lowest BCUT2D eigenvalue weighted by Gasteiger charge is -2.18. The molecule has 0 fully saturated rings. The summed E-state index contributed by atoms with van der Waals surface area (Å²) < 4.78 is 10.7.